The van der Waals surface area contributed by atoms with Gasteiger partial charge in [-0.3, -0.25) is 9.59 Å². The van der Waals surface area contributed by atoms with Gasteiger partial charge in [-0.2, -0.15) is 0 Å². The number of carbonyl (C=O) groups is 3. The number of hydrogen-bond acceptors (Lipinski definition) is 32. The Morgan fingerprint density at radius 2 is 1.03 bits per heavy atom. The van der Waals surface area contributed by atoms with E-state index in [1.54, 1.807) is 0 Å². The largest absolute Gasteiger partial charge is 0.477 e. The lowest BCUT2D eigenvalue weighted by atomic mass is 9.88. The first-order valence-corrected chi connectivity index (χ1v) is 24.6. The van der Waals surface area contributed by atoms with Gasteiger partial charge in [0.05, 0.1) is 51.3 Å². The molecule has 0 saturated carbocycles. The molecule has 0 aliphatic carbocycles. The minimum Gasteiger partial charge on any atom is -0.477 e. The van der Waals surface area contributed by atoms with Gasteiger partial charge < -0.3 is 160 Å². The summed E-state index contributed by atoms with van der Waals surface area (Å²) < 4.78 is 62.7. The van der Waals surface area contributed by atoms with Gasteiger partial charge in [0.25, 0.3) is 5.79 Å². The molecule has 6 rings (SSSR count). The van der Waals surface area contributed by atoms with Gasteiger partial charge in [0.1, 0.15) is 134 Å². The lowest BCUT2D eigenvalue weighted by Gasteiger charge is -2.50. The third kappa shape index (κ3) is 13.7. The fraction of sp³-hybridized carbons (Fsp3) is 0.930. The molecule has 0 aromatic heterocycles. The number of aliphatic carboxylic acids is 1. The molecule has 6 aliphatic heterocycles. The van der Waals surface area contributed by atoms with Gasteiger partial charge >= 0.3 is 5.97 Å². The first-order chi connectivity index (χ1) is 36.6. The molecule has 35 heteroatoms. The molecule has 6 aliphatic rings. The SMILES string of the molecule is CC(=O)N[C@H]1[C@H](O[C@H]2[C@@H](O)[C@@H](CO)O[C@@H](O[C@H]3[C@H](O[C@@H]4O[C@@H](C)[C@@H](O)[C@@H](O)[C@@H]4O)[C@@H](O)C(O)O[C@@H]3CO)[C@@H]2O)O[C@H](CO)[C@@H](O)[C@@H]1O[C@@H]1O[C@H](CO[C@]2(C(=O)O)C[C@H](O)[C@@H](NC(C)=O)[C@H]([C@H](O)[C@H](O)CO)O2)[C@H](O)[C@H](O)[C@H]1O. The lowest BCUT2D eigenvalue weighted by Crippen LogP contribution is -2.70. The van der Waals surface area contributed by atoms with Crippen molar-refractivity contribution in [1.82, 2.24) is 10.6 Å². The maximum Gasteiger partial charge on any atom is 0.364 e. The monoisotopic (exact) mass is 1140 g/mol. The number of carboxylic acid groups (broad SMARTS) is 1. The van der Waals surface area contributed by atoms with Gasteiger partial charge in [0.15, 0.2) is 31.5 Å². The maximum atomic E-state index is 12.8. The number of carboxylic acids is 1. The highest BCUT2D eigenvalue weighted by Crippen LogP contribution is 2.38. The molecule has 1 unspecified atom stereocenters. The fourth-order valence-electron chi connectivity index (χ4n) is 9.84. The van der Waals surface area contributed by atoms with Crippen LogP contribution in [-0.4, -0.2) is 338 Å². The molecular formula is C43H72N2O33. The van der Waals surface area contributed by atoms with Crippen molar-refractivity contribution in [2.24, 2.45) is 0 Å². The van der Waals surface area contributed by atoms with Crippen LogP contribution in [0.4, 0.5) is 0 Å². The Labute approximate surface area is 441 Å². The number of aliphatic hydroxyl groups is 18. The van der Waals surface area contributed by atoms with Crippen LogP contribution >= 0.6 is 0 Å². The highest BCUT2D eigenvalue weighted by Gasteiger charge is 2.60. The summed E-state index contributed by atoms with van der Waals surface area (Å²) >= 11 is 0. The van der Waals surface area contributed by atoms with Crippen molar-refractivity contribution in [1.29, 1.82) is 0 Å². The molecule has 6 saturated heterocycles. The Balaban J connectivity index is 1.25. The Kier molecular flexibility index (Phi) is 22.4. The number of hydrogen-bond donors (Lipinski definition) is 21. The van der Waals surface area contributed by atoms with Crippen molar-refractivity contribution in [3.8, 4) is 0 Å². The summed E-state index contributed by atoms with van der Waals surface area (Å²) in [5.74, 6) is -6.72. The molecule has 21 N–H and O–H groups in total. The number of rotatable bonds is 20. The second-order valence-corrected chi connectivity index (χ2v) is 19.7. The number of amides is 2. The van der Waals surface area contributed by atoms with Crippen molar-refractivity contribution in [3.05, 3.63) is 0 Å². The number of nitrogens with one attached hydrogen (secondary N) is 2. The second-order valence-electron chi connectivity index (χ2n) is 19.7. The predicted octanol–water partition coefficient (Wildman–Crippen LogP) is -13.6. The molecule has 2 amide bonds. The topological polar surface area (TPSA) is 561 Å². The predicted molar refractivity (Wildman–Crippen MR) is 238 cm³/mol. The minimum absolute atomic E-state index is 0.796. The smallest absolute Gasteiger partial charge is 0.364 e. The van der Waals surface area contributed by atoms with Crippen molar-refractivity contribution in [2.75, 3.05) is 33.0 Å². The van der Waals surface area contributed by atoms with Gasteiger partial charge in [-0.25, -0.2) is 4.79 Å². The van der Waals surface area contributed by atoms with Gasteiger partial charge in [0.2, 0.25) is 11.8 Å². The van der Waals surface area contributed by atoms with Crippen LogP contribution in [0.5, 0.6) is 0 Å². The van der Waals surface area contributed by atoms with Crippen LogP contribution in [0.1, 0.15) is 27.2 Å². The first-order valence-electron chi connectivity index (χ1n) is 24.6. The molecule has 0 radical (unpaired) electrons. The fourth-order valence-corrected chi connectivity index (χ4v) is 9.84. The molecule has 0 aromatic rings. The summed E-state index contributed by atoms with van der Waals surface area (Å²) in [4.78, 5) is 37.6. The molecule has 0 aromatic carbocycles. The minimum atomic E-state index is -3.01. The quantitative estimate of drug-likeness (QED) is 0.0538. The molecule has 78 heavy (non-hydrogen) atoms. The van der Waals surface area contributed by atoms with Crippen molar-refractivity contribution in [2.45, 2.75) is 217 Å². The lowest BCUT2D eigenvalue weighted by molar-refractivity contribution is -0.392. The van der Waals surface area contributed by atoms with E-state index >= 15 is 0 Å². The number of carbonyl (C=O) groups excluding carboxylic acids is 2. The normalized spacial score (nSPS) is 48.1. The number of ether oxygens (including phenoxy) is 11. The molecule has 35 nitrogen and oxygen atoms in total. The van der Waals surface area contributed by atoms with Crippen LogP contribution < -0.4 is 10.6 Å². The first kappa shape index (κ1) is 64.4. The Bertz CT molecular complexity index is 1950. The van der Waals surface area contributed by atoms with E-state index in [1.807, 2.05) is 0 Å². The summed E-state index contributed by atoms with van der Waals surface area (Å²) in [6, 6.07) is -3.49. The Morgan fingerprint density at radius 3 is 1.59 bits per heavy atom. The average molecular weight is 1150 g/mol. The summed E-state index contributed by atoms with van der Waals surface area (Å²) in [5.41, 5.74) is 0. The standard InChI is InChI=1S/C43H72N2O33/c1-10-21(54)26(59)28(61)39(69-10)77-36-30(63)37(65)70-17(8-49)32(36)74-41-31(64)35(25(58)16(7-48)72-41)76-38-20(45-12(3)51)33(24(57)15(6-47)71-38)75-40-29(62)27(60)23(56)18(73-40)9-68-43(42(66)67)4-13(52)19(44-11(2)50)34(78-43)22(55)14(53)5-46/h10,13-41,46-49,52-65H,4-9H2,1-3H3,(H,44,50)(H,45,51)(H,66,67)/t10-,13-,14+,15+,16+,17+,18+,19+,20+,21+,22+,23-,24+,25-,26+,27-,28-,29+,30+,31+,32+,33+,34+,35-,36+,37?,38-,39-,40-,41-,43+/m0/s1. The summed E-state index contributed by atoms with van der Waals surface area (Å²) in [5, 5.41) is 208. The molecule has 0 spiro atoms. The summed E-state index contributed by atoms with van der Waals surface area (Å²) in [7, 11) is 0. The van der Waals surface area contributed by atoms with Crippen molar-refractivity contribution in [3.63, 3.8) is 0 Å². The summed E-state index contributed by atoms with van der Waals surface area (Å²) in [6.07, 6.45) is -56.6. The van der Waals surface area contributed by atoms with E-state index in [4.69, 9.17) is 52.1 Å². The summed E-state index contributed by atoms with van der Waals surface area (Å²) in [6.45, 7) is -2.15. The van der Waals surface area contributed by atoms with E-state index in [9.17, 15) is 111 Å². The Hall–Kier alpha value is -2.75. The zero-order chi connectivity index (χ0) is 58.0. The maximum absolute atomic E-state index is 12.8. The Morgan fingerprint density at radius 1 is 0.538 bits per heavy atom. The van der Waals surface area contributed by atoms with E-state index in [-0.39, 0.29) is 0 Å². The average Bonchev–Trinajstić information content (AvgIpc) is 3.39. The third-order valence-corrected chi connectivity index (χ3v) is 14.2. The number of aliphatic hydroxyl groups excluding tert-OH is 18. The molecule has 6 fully saturated rings. The molecular weight excluding hydrogens is 1070 g/mol. The van der Waals surface area contributed by atoms with Crippen LogP contribution in [-0.2, 0) is 66.5 Å². The second kappa shape index (κ2) is 27.1. The molecule has 6 heterocycles. The van der Waals surface area contributed by atoms with E-state index in [1.165, 1.54) is 6.92 Å². The van der Waals surface area contributed by atoms with Crippen molar-refractivity contribution < 1.29 is 164 Å². The molecule has 31 atom stereocenters. The van der Waals surface area contributed by atoms with Gasteiger partial charge in [0, 0.05) is 20.3 Å². The van der Waals surface area contributed by atoms with E-state index in [2.05, 4.69) is 10.6 Å². The van der Waals surface area contributed by atoms with Gasteiger partial charge in [-0.05, 0) is 6.92 Å². The van der Waals surface area contributed by atoms with Crippen LogP contribution in [0.25, 0.3) is 0 Å². The van der Waals surface area contributed by atoms with E-state index in [0.717, 1.165) is 13.8 Å². The van der Waals surface area contributed by atoms with Crippen LogP contribution in [0.3, 0.4) is 0 Å². The zero-order valence-corrected chi connectivity index (χ0v) is 41.8. The van der Waals surface area contributed by atoms with E-state index in [0.29, 0.717) is 0 Å². The van der Waals surface area contributed by atoms with Crippen LogP contribution in [0, 0.1) is 0 Å². The van der Waals surface area contributed by atoms with E-state index < -0.39 is 247 Å². The third-order valence-electron chi connectivity index (χ3n) is 14.2. The zero-order valence-electron chi connectivity index (χ0n) is 41.8. The highest BCUT2D eigenvalue weighted by molar-refractivity contribution is 5.76. The van der Waals surface area contributed by atoms with Crippen LogP contribution in [0.2, 0.25) is 0 Å². The van der Waals surface area contributed by atoms with Crippen LogP contribution in [0.15, 0.2) is 0 Å². The van der Waals surface area contributed by atoms with Crippen molar-refractivity contribution >= 4 is 17.8 Å². The molecule has 0 bridgehead atoms. The van der Waals surface area contributed by atoms with Gasteiger partial charge in [-0.15, -0.1) is 0 Å². The highest BCUT2D eigenvalue weighted by atomic mass is 16.8. The molecule has 452 valence electrons. The van der Waals surface area contributed by atoms with Gasteiger partial charge in [-0.1, -0.05) is 0 Å².